The van der Waals surface area contributed by atoms with Gasteiger partial charge >= 0.3 is 0 Å². The van der Waals surface area contributed by atoms with Gasteiger partial charge in [0.1, 0.15) is 0 Å². The molecule has 1 N–H and O–H groups in total. The molecule has 17 heavy (non-hydrogen) atoms. The monoisotopic (exact) mass is 233 g/mol. The first-order chi connectivity index (χ1) is 7.84. The van der Waals surface area contributed by atoms with Crippen LogP contribution in [0, 0.1) is 19.3 Å². The van der Waals surface area contributed by atoms with Gasteiger partial charge in [-0.15, -0.1) is 0 Å². The fraction of sp³-hybridized carbons (Fsp3) is 0.625. The number of hydrogen-bond donors (Lipinski definition) is 1. The molecule has 0 saturated heterocycles. The molecular weight excluding hydrogens is 206 g/mol. The zero-order chi connectivity index (χ0) is 13.1. The second-order valence-corrected chi connectivity index (χ2v) is 6.16. The number of nitrogens with one attached hydrogen (secondary N) is 1. The van der Waals surface area contributed by atoms with Crippen molar-refractivity contribution in [3.8, 4) is 0 Å². The zero-order valence-electron chi connectivity index (χ0n) is 12.2. The van der Waals surface area contributed by atoms with Crippen LogP contribution in [-0.4, -0.2) is 13.1 Å². The first kappa shape index (κ1) is 14.2. The Bertz CT molecular complexity index is 360. The molecule has 0 amide bonds. The summed E-state index contributed by atoms with van der Waals surface area (Å²) in [6.45, 7) is 11.3. The van der Waals surface area contributed by atoms with Gasteiger partial charge in [-0.2, -0.15) is 0 Å². The third-order valence-corrected chi connectivity index (χ3v) is 3.69. The van der Waals surface area contributed by atoms with Gasteiger partial charge in [0, 0.05) is 6.04 Å². The van der Waals surface area contributed by atoms with Gasteiger partial charge in [0.25, 0.3) is 0 Å². The van der Waals surface area contributed by atoms with Gasteiger partial charge in [-0.3, -0.25) is 0 Å². The highest BCUT2D eigenvalue weighted by molar-refractivity contribution is 5.30. The summed E-state index contributed by atoms with van der Waals surface area (Å²) in [4.78, 5) is 0. The van der Waals surface area contributed by atoms with Crippen LogP contribution >= 0.6 is 0 Å². The molecule has 0 aliphatic heterocycles. The second-order valence-electron chi connectivity index (χ2n) is 6.16. The van der Waals surface area contributed by atoms with Crippen molar-refractivity contribution in [1.82, 2.24) is 5.32 Å². The van der Waals surface area contributed by atoms with E-state index >= 15 is 0 Å². The third-order valence-electron chi connectivity index (χ3n) is 3.69. The molecule has 0 saturated carbocycles. The van der Waals surface area contributed by atoms with Crippen LogP contribution in [0.5, 0.6) is 0 Å². The Balaban J connectivity index is 2.63. The minimum absolute atomic E-state index is 0.328. The summed E-state index contributed by atoms with van der Waals surface area (Å²) in [6, 6.07) is 7.39. The molecule has 0 spiro atoms. The van der Waals surface area contributed by atoms with Gasteiger partial charge in [-0.05, 0) is 55.8 Å². The van der Waals surface area contributed by atoms with Gasteiger partial charge in [-0.25, -0.2) is 0 Å². The fourth-order valence-electron chi connectivity index (χ4n) is 2.28. The van der Waals surface area contributed by atoms with Gasteiger partial charge in [-0.1, -0.05) is 39.0 Å². The van der Waals surface area contributed by atoms with Crippen LogP contribution in [0.3, 0.4) is 0 Å². The summed E-state index contributed by atoms with van der Waals surface area (Å²) in [5, 5.41) is 3.44. The molecule has 0 heterocycles. The lowest BCUT2D eigenvalue weighted by Gasteiger charge is -2.30. The van der Waals surface area contributed by atoms with Gasteiger partial charge in [0.15, 0.2) is 0 Å². The maximum atomic E-state index is 3.44. The molecule has 0 aliphatic rings. The Morgan fingerprint density at radius 1 is 1.12 bits per heavy atom. The van der Waals surface area contributed by atoms with E-state index in [0.29, 0.717) is 11.5 Å². The van der Waals surface area contributed by atoms with Crippen molar-refractivity contribution in [1.29, 1.82) is 0 Å². The second kappa shape index (κ2) is 5.68. The smallest absolute Gasteiger partial charge is 0.0116 e. The van der Waals surface area contributed by atoms with E-state index in [1.165, 1.54) is 23.1 Å². The van der Waals surface area contributed by atoms with Crippen LogP contribution < -0.4 is 5.32 Å². The highest BCUT2D eigenvalue weighted by Gasteiger charge is 2.22. The predicted molar refractivity (Wildman–Crippen MR) is 76.5 cm³/mol. The lowest BCUT2D eigenvalue weighted by atomic mass is 9.83. The zero-order valence-corrected chi connectivity index (χ0v) is 12.2. The number of rotatable bonds is 4. The van der Waals surface area contributed by atoms with Gasteiger partial charge in [0.05, 0.1) is 0 Å². The Kier molecular flexibility index (Phi) is 4.76. The van der Waals surface area contributed by atoms with Crippen molar-refractivity contribution in [2.75, 3.05) is 7.05 Å². The lowest BCUT2D eigenvalue weighted by Crippen LogP contribution is -2.38. The third kappa shape index (κ3) is 4.16. The summed E-state index contributed by atoms with van der Waals surface area (Å²) < 4.78 is 0. The Morgan fingerprint density at radius 3 is 2.24 bits per heavy atom. The van der Waals surface area contributed by atoms with Crippen LogP contribution in [0.2, 0.25) is 0 Å². The van der Waals surface area contributed by atoms with E-state index in [9.17, 15) is 0 Å². The highest BCUT2D eigenvalue weighted by Crippen LogP contribution is 2.23. The number of aryl methyl sites for hydroxylation is 3. The van der Waals surface area contributed by atoms with E-state index < -0.39 is 0 Å². The van der Waals surface area contributed by atoms with Crippen LogP contribution in [0.15, 0.2) is 18.2 Å². The Hall–Kier alpha value is -0.820. The van der Waals surface area contributed by atoms with Crippen molar-refractivity contribution in [2.45, 2.75) is 53.5 Å². The fourth-order valence-corrected chi connectivity index (χ4v) is 2.28. The predicted octanol–water partition coefficient (Wildman–Crippen LogP) is 3.87. The minimum atomic E-state index is 0.328. The summed E-state index contributed by atoms with van der Waals surface area (Å²) in [6.07, 6.45) is 2.35. The molecular formula is C16H27N. The molecule has 96 valence electrons. The first-order valence-electron chi connectivity index (χ1n) is 6.58. The van der Waals surface area contributed by atoms with Crippen molar-refractivity contribution in [3.63, 3.8) is 0 Å². The molecule has 1 heteroatoms. The molecule has 0 aromatic heterocycles. The van der Waals surface area contributed by atoms with Crippen molar-refractivity contribution in [3.05, 3.63) is 34.9 Å². The average molecular weight is 233 g/mol. The topological polar surface area (TPSA) is 12.0 Å². The van der Waals surface area contributed by atoms with E-state index in [0.717, 1.165) is 6.42 Å². The highest BCUT2D eigenvalue weighted by atomic mass is 14.9. The average Bonchev–Trinajstić information content (AvgIpc) is 2.22. The van der Waals surface area contributed by atoms with Crippen molar-refractivity contribution < 1.29 is 0 Å². The SMILES string of the molecule is CNC(CCc1ccc(C)c(C)c1)C(C)(C)C. The van der Waals surface area contributed by atoms with E-state index in [-0.39, 0.29) is 0 Å². The molecule has 1 aromatic rings. The summed E-state index contributed by atoms with van der Waals surface area (Å²) >= 11 is 0. The normalized spacial score (nSPS) is 13.8. The van der Waals surface area contributed by atoms with E-state index in [4.69, 9.17) is 0 Å². The van der Waals surface area contributed by atoms with Crippen molar-refractivity contribution >= 4 is 0 Å². The standard InChI is InChI=1S/C16H27N/c1-12-7-8-14(11-13(12)2)9-10-15(17-6)16(3,4)5/h7-8,11,15,17H,9-10H2,1-6H3. The molecule has 1 rings (SSSR count). The van der Waals surface area contributed by atoms with E-state index in [2.05, 4.69) is 65.2 Å². The first-order valence-corrected chi connectivity index (χ1v) is 6.58. The molecule has 0 bridgehead atoms. The number of hydrogen-bond acceptors (Lipinski definition) is 1. The molecule has 1 nitrogen and oxygen atoms in total. The van der Waals surface area contributed by atoms with Gasteiger partial charge < -0.3 is 5.32 Å². The Labute approximate surface area is 107 Å². The van der Waals surface area contributed by atoms with Crippen molar-refractivity contribution in [2.24, 2.45) is 5.41 Å². The Morgan fingerprint density at radius 2 is 1.76 bits per heavy atom. The van der Waals surface area contributed by atoms with Crippen LogP contribution in [0.1, 0.15) is 43.9 Å². The summed E-state index contributed by atoms with van der Waals surface area (Å²) in [7, 11) is 2.07. The van der Waals surface area contributed by atoms with E-state index in [1.807, 2.05) is 0 Å². The number of benzene rings is 1. The summed E-state index contributed by atoms with van der Waals surface area (Å²) in [5.41, 5.74) is 4.57. The molecule has 0 aliphatic carbocycles. The largest absolute Gasteiger partial charge is 0.316 e. The molecule has 0 radical (unpaired) electrons. The van der Waals surface area contributed by atoms with Crippen LogP contribution in [0.4, 0.5) is 0 Å². The van der Waals surface area contributed by atoms with Crippen LogP contribution in [0.25, 0.3) is 0 Å². The molecule has 1 atom stereocenters. The quantitative estimate of drug-likeness (QED) is 0.832. The summed E-state index contributed by atoms with van der Waals surface area (Å²) in [5.74, 6) is 0. The van der Waals surface area contributed by atoms with E-state index in [1.54, 1.807) is 0 Å². The molecule has 1 unspecified atom stereocenters. The lowest BCUT2D eigenvalue weighted by molar-refractivity contribution is 0.268. The van der Waals surface area contributed by atoms with Gasteiger partial charge in [0.2, 0.25) is 0 Å². The molecule has 1 aromatic carbocycles. The maximum Gasteiger partial charge on any atom is 0.0116 e. The maximum absolute atomic E-state index is 3.44. The van der Waals surface area contributed by atoms with Crippen LogP contribution in [-0.2, 0) is 6.42 Å². The minimum Gasteiger partial charge on any atom is -0.316 e. The molecule has 0 fully saturated rings.